The molecule has 0 aromatic heterocycles. The van der Waals surface area contributed by atoms with Gasteiger partial charge in [-0.25, -0.2) is 8.42 Å². The van der Waals surface area contributed by atoms with Crippen molar-refractivity contribution in [2.75, 3.05) is 17.1 Å². The number of para-hydroxylation sites is 1. The molecule has 0 aliphatic heterocycles. The van der Waals surface area contributed by atoms with Crippen LogP contribution in [0.25, 0.3) is 0 Å². The lowest BCUT2D eigenvalue weighted by atomic mass is 10.1. The van der Waals surface area contributed by atoms with Crippen molar-refractivity contribution >= 4 is 27.5 Å². The average molecular weight is 488 g/mol. The van der Waals surface area contributed by atoms with E-state index in [1.165, 1.54) is 4.31 Å². The average Bonchev–Trinajstić information content (AvgIpc) is 2.80. The van der Waals surface area contributed by atoms with Crippen molar-refractivity contribution in [1.82, 2.24) is 10.2 Å². The fourth-order valence-corrected chi connectivity index (χ4v) is 4.50. The van der Waals surface area contributed by atoms with Crippen LogP contribution in [-0.2, 0) is 26.2 Å². The Hall–Kier alpha value is -2.87. The molecule has 1 N–H and O–H groups in total. The molecule has 2 amide bonds. The number of nitrogens with one attached hydrogen (secondary N) is 1. The second-order valence-corrected chi connectivity index (χ2v) is 10.7. The lowest BCUT2D eigenvalue weighted by Gasteiger charge is -2.30. The first-order valence-electron chi connectivity index (χ1n) is 11.7. The molecule has 0 aliphatic carbocycles. The van der Waals surface area contributed by atoms with Crippen molar-refractivity contribution in [3.63, 3.8) is 0 Å². The second kappa shape index (κ2) is 12.6. The number of amides is 2. The minimum Gasteiger partial charge on any atom is -0.352 e. The number of aryl methyl sites for hydroxylation is 1. The molecule has 2 rings (SSSR count). The van der Waals surface area contributed by atoms with E-state index in [0.717, 1.165) is 23.8 Å². The Labute approximate surface area is 204 Å². The van der Waals surface area contributed by atoms with Crippen molar-refractivity contribution in [1.29, 1.82) is 0 Å². The zero-order chi connectivity index (χ0) is 25.3. The molecule has 0 saturated heterocycles. The summed E-state index contributed by atoms with van der Waals surface area (Å²) in [6.45, 7) is 8.14. The number of rotatable bonds is 12. The quantitative estimate of drug-likeness (QED) is 0.492. The van der Waals surface area contributed by atoms with Gasteiger partial charge in [-0.15, -0.1) is 0 Å². The first-order chi connectivity index (χ1) is 16.0. The van der Waals surface area contributed by atoms with Gasteiger partial charge in [0.05, 0.1) is 11.9 Å². The summed E-state index contributed by atoms with van der Waals surface area (Å²) < 4.78 is 25.9. The SMILES string of the molecule is CC[C@@H](C)NC(=O)[C@H](C)N(Cc1ccc(C)cc1)C(=O)CCCN(c1ccccc1)S(C)(=O)=O. The number of carbonyl (C=O) groups is 2. The lowest BCUT2D eigenvalue weighted by molar-refractivity contribution is -0.140. The molecule has 0 saturated carbocycles. The van der Waals surface area contributed by atoms with E-state index < -0.39 is 16.1 Å². The minimum atomic E-state index is -3.49. The molecule has 0 fully saturated rings. The van der Waals surface area contributed by atoms with Gasteiger partial charge >= 0.3 is 0 Å². The molecule has 186 valence electrons. The van der Waals surface area contributed by atoms with Crippen LogP contribution in [0.4, 0.5) is 5.69 Å². The van der Waals surface area contributed by atoms with E-state index >= 15 is 0 Å². The van der Waals surface area contributed by atoms with Crippen LogP contribution >= 0.6 is 0 Å². The van der Waals surface area contributed by atoms with Crippen LogP contribution in [0.3, 0.4) is 0 Å². The van der Waals surface area contributed by atoms with Gasteiger partial charge in [-0.2, -0.15) is 0 Å². The predicted molar refractivity (Wildman–Crippen MR) is 137 cm³/mol. The van der Waals surface area contributed by atoms with Gasteiger partial charge in [0.2, 0.25) is 21.8 Å². The fourth-order valence-electron chi connectivity index (χ4n) is 3.54. The molecule has 0 aliphatic rings. The second-order valence-electron chi connectivity index (χ2n) is 8.78. The number of nitrogens with zero attached hydrogens (tertiary/aromatic N) is 2. The first-order valence-corrected chi connectivity index (χ1v) is 13.6. The van der Waals surface area contributed by atoms with Crippen molar-refractivity contribution in [3.05, 3.63) is 65.7 Å². The number of benzene rings is 2. The Morgan fingerprint density at radius 1 is 1.00 bits per heavy atom. The molecule has 0 unspecified atom stereocenters. The fraction of sp³-hybridized carbons (Fsp3) is 0.462. The van der Waals surface area contributed by atoms with Gasteiger partial charge in [-0.1, -0.05) is 55.0 Å². The Morgan fingerprint density at radius 3 is 2.18 bits per heavy atom. The highest BCUT2D eigenvalue weighted by atomic mass is 32.2. The zero-order valence-electron chi connectivity index (χ0n) is 20.8. The normalized spacial score (nSPS) is 13.1. The third kappa shape index (κ3) is 8.17. The molecule has 2 aromatic carbocycles. The van der Waals surface area contributed by atoms with Crippen molar-refractivity contribution in [3.8, 4) is 0 Å². The Bertz CT molecular complexity index is 1040. The molecule has 7 nitrogen and oxygen atoms in total. The first kappa shape index (κ1) is 27.4. The van der Waals surface area contributed by atoms with Crippen LogP contribution in [-0.4, -0.2) is 50.0 Å². The van der Waals surface area contributed by atoms with E-state index in [0.29, 0.717) is 18.7 Å². The number of hydrogen-bond donors (Lipinski definition) is 1. The van der Waals surface area contributed by atoms with Gasteiger partial charge in [0.25, 0.3) is 0 Å². The highest BCUT2D eigenvalue weighted by Gasteiger charge is 2.27. The van der Waals surface area contributed by atoms with Gasteiger partial charge in [0, 0.05) is 25.6 Å². The van der Waals surface area contributed by atoms with E-state index in [4.69, 9.17) is 0 Å². The van der Waals surface area contributed by atoms with Crippen LogP contribution in [0.1, 0.15) is 51.2 Å². The summed E-state index contributed by atoms with van der Waals surface area (Å²) in [5, 5.41) is 2.95. The zero-order valence-corrected chi connectivity index (χ0v) is 21.6. The summed E-state index contributed by atoms with van der Waals surface area (Å²) in [7, 11) is -3.49. The molecule has 2 atom stereocenters. The smallest absolute Gasteiger partial charge is 0.242 e. The molecule has 0 heterocycles. The van der Waals surface area contributed by atoms with E-state index in [1.807, 2.05) is 51.1 Å². The van der Waals surface area contributed by atoms with E-state index in [2.05, 4.69) is 5.32 Å². The third-order valence-corrected chi connectivity index (χ3v) is 7.03. The highest BCUT2D eigenvalue weighted by Crippen LogP contribution is 2.19. The van der Waals surface area contributed by atoms with E-state index in [-0.39, 0.29) is 30.8 Å². The Kier molecular flexibility index (Phi) is 10.1. The Balaban J connectivity index is 2.14. The lowest BCUT2D eigenvalue weighted by Crippen LogP contribution is -2.49. The standard InChI is InChI=1S/C26H37N3O4S/c1-6-21(3)27-26(31)22(4)28(19-23-16-14-20(2)15-17-23)25(30)13-10-18-29(34(5,32)33)24-11-8-7-9-12-24/h7-9,11-12,14-17,21-22H,6,10,13,18-19H2,1-5H3,(H,27,31)/t21-,22+/m1/s1. The summed E-state index contributed by atoms with van der Waals surface area (Å²) in [5.74, 6) is -0.384. The highest BCUT2D eigenvalue weighted by molar-refractivity contribution is 7.92. The third-order valence-electron chi connectivity index (χ3n) is 5.84. The maximum absolute atomic E-state index is 13.3. The molecule has 8 heteroatoms. The van der Waals surface area contributed by atoms with Gasteiger partial charge < -0.3 is 10.2 Å². The maximum atomic E-state index is 13.3. The molecular weight excluding hydrogens is 450 g/mol. The maximum Gasteiger partial charge on any atom is 0.242 e. The molecular formula is C26H37N3O4S. The van der Waals surface area contributed by atoms with Crippen LogP contribution in [0.15, 0.2) is 54.6 Å². The van der Waals surface area contributed by atoms with Crippen molar-refractivity contribution in [2.45, 2.75) is 65.6 Å². The van der Waals surface area contributed by atoms with Gasteiger partial charge in [0.15, 0.2) is 0 Å². The summed E-state index contributed by atoms with van der Waals surface area (Å²) in [6, 6.07) is 16.1. The van der Waals surface area contributed by atoms with E-state index in [9.17, 15) is 18.0 Å². The van der Waals surface area contributed by atoms with Crippen LogP contribution < -0.4 is 9.62 Å². The number of anilines is 1. The molecule has 0 spiro atoms. The number of hydrogen-bond acceptors (Lipinski definition) is 4. The summed E-state index contributed by atoms with van der Waals surface area (Å²) >= 11 is 0. The Morgan fingerprint density at radius 2 is 1.62 bits per heavy atom. The predicted octanol–water partition coefficient (Wildman–Crippen LogP) is 3.87. The van der Waals surface area contributed by atoms with Gasteiger partial charge in [0.1, 0.15) is 6.04 Å². The van der Waals surface area contributed by atoms with Crippen molar-refractivity contribution in [2.24, 2.45) is 0 Å². The monoisotopic (exact) mass is 487 g/mol. The molecule has 2 aromatic rings. The minimum absolute atomic E-state index is 0.0143. The summed E-state index contributed by atoms with van der Waals surface area (Å²) in [4.78, 5) is 27.6. The van der Waals surface area contributed by atoms with Gasteiger partial charge in [-0.05, 0) is 51.3 Å². The molecule has 34 heavy (non-hydrogen) atoms. The van der Waals surface area contributed by atoms with Crippen LogP contribution in [0.2, 0.25) is 0 Å². The summed E-state index contributed by atoms with van der Waals surface area (Å²) in [6.07, 6.45) is 2.43. The van der Waals surface area contributed by atoms with Gasteiger partial charge in [-0.3, -0.25) is 13.9 Å². The molecule has 0 bridgehead atoms. The number of sulfonamides is 1. The summed E-state index contributed by atoms with van der Waals surface area (Å²) in [5.41, 5.74) is 2.62. The van der Waals surface area contributed by atoms with Crippen LogP contribution in [0, 0.1) is 6.92 Å². The molecule has 0 radical (unpaired) electrons. The van der Waals surface area contributed by atoms with Crippen molar-refractivity contribution < 1.29 is 18.0 Å². The van der Waals surface area contributed by atoms with E-state index in [1.54, 1.807) is 36.1 Å². The van der Waals surface area contributed by atoms with Crippen LogP contribution in [0.5, 0.6) is 0 Å². The number of carbonyl (C=O) groups excluding carboxylic acids is 2. The topological polar surface area (TPSA) is 86.8 Å². The largest absolute Gasteiger partial charge is 0.352 e.